The van der Waals surface area contributed by atoms with Crippen LogP contribution in [0.1, 0.15) is 39.0 Å². The zero-order valence-electron chi connectivity index (χ0n) is 8.50. The van der Waals surface area contributed by atoms with Crippen LogP contribution in [-0.2, 0) is 0 Å². The molecule has 3 atom stereocenters. The molecule has 2 rings (SSSR count). The minimum atomic E-state index is 0.374. The first-order valence-corrected chi connectivity index (χ1v) is 5.61. The molecule has 1 heteroatoms. The molecule has 74 valence electrons. The minimum Gasteiger partial charge on any atom is -0.396 e. The molecule has 1 N–H and O–H groups in total. The summed E-state index contributed by atoms with van der Waals surface area (Å²) in [6.45, 7) is 2.69. The van der Waals surface area contributed by atoms with Crippen LogP contribution in [0.5, 0.6) is 0 Å². The summed E-state index contributed by atoms with van der Waals surface area (Å²) in [7, 11) is 0. The molecule has 1 saturated carbocycles. The highest BCUT2D eigenvalue weighted by molar-refractivity contribution is 5.18. The molecule has 0 aliphatic heterocycles. The van der Waals surface area contributed by atoms with Gasteiger partial charge >= 0.3 is 0 Å². The fraction of sp³-hybridized carbons (Fsp3) is 0.833. The molecule has 13 heavy (non-hydrogen) atoms. The summed E-state index contributed by atoms with van der Waals surface area (Å²) in [5.74, 6) is 2.41. The Hall–Kier alpha value is -0.300. The van der Waals surface area contributed by atoms with Crippen molar-refractivity contribution < 1.29 is 5.11 Å². The van der Waals surface area contributed by atoms with E-state index in [-0.39, 0.29) is 0 Å². The Morgan fingerprint density at radius 2 is 2.31 bits per heavy atom. The van der Waals surface area contributed by atoms with Gasteiger partial charge in [0.2, 0.25) is 0 Å². The highest BCUT2D eigenvalue weighted by atomic mass is 16.3. The molecular formula is C12H20O. The molecular weight excluding hydrogens is 160 g/mol. The van der Waals surface area contributed by atoms with E-state index in [0.717, 1.165) is 24.2 Å². The molecule has 0 amide bonds. The van der Waals surface area contributed by atoms with Crippen molar-refractivity contribution in [1.29, 1.82) is 0 Å². The maximum atomic E-state index is 8.95. The van der Waals surface area contributed by atoms with Gasteiger partial charge in [0.05, 0.1) is 0 Å². The average molecular weight is 180 g/mol. The Balaban J connectivity index is 1.98. The number of hydrogen-bond acceptors (Lipinski definition) is 1. The van der Waals surface area contributed by atoms with E-state index in [1.807, 2.05) is 0 Å². The van der Waals surface area contributed by atoms with Gasteiger partial charge in [0.25, 0.3) is 0 Å². The van der Waals surface area contributed by atoms with Crippen molar-refractivity contribution in [3.63, 3.8) is 0 Å². The number of allylic oxidation sites excluding steroid dienone is 2. The van der Waals surface area contributed by atoms with Crippen LogP contribution >= 0.6 is 0 Å². The van der Waals surface area contributed by atoms with Crippen LogP contribution in [0.15, 0.2) is 11.6 Å². The normalized spacial score (nSPS) is 38.6. The summed E-state index contributed by atoms with van der Waals surface area (Å²) >= 11 is 0. The molecule has 1 nitrogen and oxygen atoms in total. The van der Waals surface area contributed by atoms with Crippen LogP contribution in [0.25, 0.3) is 0 Å². The summed E-state index contributed by atoms with van der Waals surface area (Å²) in [5.41, 5.74) is 1.72. The van der Waals surface area contributed by atoms with Crippen LogP contribution in [-0.4, -0.2) is 11.7 Å². The third-order valence-electron chi connectivity index (χ3n) is 3.66. The molecule has 2 aliphatic rings. The summed E-state index contributed by atoms with van der Waals surface area (Å²) in [6, 6.07) is 0. The molecule has 0 spiro atoms. The fourth-order valence-corrected chi connectivity index (χ4v) is 2.88. The minimum absolute atomic E-state index is 0.374. The van der Waals surface area contributed by atoms with Crippen molar-refractivity contribution in [2.24, 2.45) is 17.8 Å². The first-order chi connectivity index (χ1) is 6.29. The Morgan fingerprint density at radius 3 is 2.92 bits per heavy atom. The second-order valence-electron chi connectivity index (χ2n) is 4.80. The quantitative estimate of drug-likeness (QED) is 0.648. The largest absolute Gasteiger partial charge is 0.396 e. The van der Waals surface area contributed by atoms with Gasteiger partial charge in [-0.3, -0.25) is 0 Å². The van der Waals surface area contributed by atoms with E-state index < -0.39 is 0 Å². The van der Waals surface area contributed by atoms with Crippen molar-refractivity contribution in [3.05, 3.63) is 11.6 Å². The van der Waals surface area contributed by atoms with Gasteiger partial charge in [-0.15, -0.1) is 0 Å². The van der Waals surface area contributed by atoms with Crippen LogP contribution < -0.4 is 0 Å². The van der Waals surface area contributed by atoms with Crippen molar-refractivity contribution in [2.45, 2.75) is 39.0 Å². The second-order valence-corrected chi connectivity index (χ2v) is 4.80. The lowest BCUT2D eigenvalue weighted by atomic mass is 9.75. The van der Waals surface area contributed by atoms with E-state index in [1.165, 1.54) is 25.7 Å². The van der Waals surface area contributed by atoms with Gasteiger partial charge in [0.15, 0.2) is 0 Å². The molecule has 0 aromatic heterocycles. The third-order valence-corrected chi connectivity index (χ3v) is 3.66. The highest BCUT2D eigenvalue weighted by Gasteiger charge is 2.30. The van der Waals surface area contributed by atoms with E-state index in [4.69, 9.17) is 5.11 Å². The topological polar surface area (TPSA) is 20.2 Å². The Bertz CT molecular complexity index is 207. The van der Waals surface area contributed by atoms with Crippen LogP contribution in [0.4, 0.5) is 0 Å². The number of aliphatic hydroxyl groups is 1. The number of fused-ring (bicyclic) bond motifs is 1. The van der Waals surface area contributed by atoms with Crippen LogP contribution in [0, 0.1) is 17.8 Å². The van der Waals surface area contributed by atoms with E-state index in [0.29, 0.717) is 6.61 Å². The summed E-state index contributed by atoms with van der Waals surface area (Å²) in [4.78, 5) is 0. The lowest BCUT2D eigenvalue weighted by Gasteiger charge is -2.30. The van der Waals surface area contributed by atoms with E-state index in [1.54, 1.807) is 5.57 Å². The molecule has 0 radical (unpaired) electrons. The van der Waals surface area contributed by atoms with Crippen molar-refractivity contribution >= 4 is 0 Å². The molecule has 0 aromatic rings. The Morgan fingerprint density at radius 1 is 1.46 bits per heavy atom. The monoisotopic (exact) mass is 180 g/mol. The predicted octanol–water partition coefficient (Wildman–Crippen LogP) is 2.75. The number of rotatable bonds is 2. The highest BCUT2D eigenvalue weighted by Crippen LogP contribution is 2.43. The zero-order chi connectivity index (χ0) is 9.26. The zero-order valence-corrected chi connectivity index (χ0v) is 8.50. The smallest absolute Gasteiger partial charge is 0.0433 e. The van der Waals surface area contributed by atoms with Gasteiger partial charge in [-0.25, -0.2) is 0 Å². The maximum Gasteiger partial charge on any atom is 0.0433 e. The first-order valence-electron chi connectivity index (χ1n) is 5.61. The van der Waals surface area contributed by atoms with Crippen molar-refractivity contribution in [2.75, 3.05) is 6.61 Å². The van der Waals surface area contributed by atoms with Crippen LogP contribution in [0.3, 0.4) is 0 Å². The van der Waals surface area contributed by atoms with Crippen molar-refractivity contribution in [3.8, 4) is 0 Å². The Kier molecular flexibility index (Phi) is 2.73. The summed E-state index contributed by atoms with van der Waals surface area (Å²) < 4.78 is 0. The van der Waals surface area contributed by atoms with E-state index in [9.17, 15) is 0 Å². The van der Waals surface area contributed by atoms with Gasteiger partial charge in [-0.2, -0.15) is 0 Å². The maximum absolute atomic E-state index is 8.95. The fourth-order valence-electron chi connectivity index (χ4n) is 2.88. The summed E-state index contributed by atoms with van der Waals surface area (Å²) in [5, 5.41) is 8.95. The summed E-state index contributed by atoms with van der Waals surface area (Å²) in [6.07, 6.45) is 8.89. The third kappa shape index (κ3) is 1.96. The molecule has 3 unspecified atom stereocenters. The van der Waals surface area contributed by atoms with Crippen LogP contribution in [0.2, 0.25) is 0 Å². The van der Waals surface area contributed by atoms with Gasteiger partial charge < -0.3 is 5.11 Å². The van der Waals surface area contributed by atoms with Crippen molar-refractivity contribution in [1.82, 2.24) is 0 Å². The molecule has 0 saturated heterocycles. The number of hydrogen-bond donors (Lipinski definition) is 1. The first kappa shape index (κ1) is 9.26. The van der Waals surface area contributed by atoms with Gasteiger partial charge in [-0.05, 0) is 49.9 Å². The SMILES string of the molecule is CC1C=C2CCC2CC(CCO)C1. The van der Waals surface area contributed by atoms with E-state index >= 15 is 0 Å². The molecule has 2 aliphatic carbocycles. The van der Waals surface area contributed by atoms with Gasteiger partial charge in [0.1, 0.15) is 0 Å². The second kappa shape index (κ2) is 3.83. The lowest BCUT2D eigenvalue weighted by molar-refractivity contribution is 0.225. The number of aliphatic hydroxyl groups excluding tert-OH is 1. The molecule has 0 heterocycles. The van der Waals surface area contributed by atoms with E-state index in [2.05, 4.69) is 13.0 Å². The Labute approximate surface area is 80.8 Å². The predicted molar refractivity (Wildman–Crippen MR) is 54.4 cm³/mol. The molecule has 0 bridgehead atoms. The molecule has 1 fully saturated rings. The standard InChI is InChI=1S/C12H20O/c1-9-6-10(4-5-13)8-12-3-2-11(12)7-9/h7,9-10,12-13H,2-6,8H2,1H3. The lowest BCUT2D eigenvalue weighted by Crippen LogP contribution is -2.18. The van der Waals surface area contributed by atoms with Gasteiger partial charge in [0, 0.05) is 6.61 Å². The molecule has 0 aromatic carbocycles. The average Bonchev–Trinajstić information content (AvgIpc) is 2.16. The van der Waals surface area contributed by atoms with Gasteiger partial charge in [-0.1, -0.05) is 18.6 Å².